The molecule has 57 heavy (non-hydrogen) atoms. The molecule has 12 aromatic rings. The predicted molar refractivity (Wildman–Crippen MR) is 236 cm³/mol. The molecular weight excluding hydrogens is 717 g/mol. The Labute approximate surface area is 339 Å². The van der Waals surface area contributed by atoms with Crippen molar-refractivity contribution in [3.8, 4) is 51.0 Å². The van der Waals surface area contributed by atoms with E-state index in [1.807, 2.05) is 115 Å². The van der Waals surface area contributed by atoms with E-state index < -0.39 is 0 Å². The summed E-state index contributed by atoms with van der Waals surface area (Å²) in [6.45, 7) is 0. The molecule has 12 rings (SSSR count). The maximum atomic E-state index is 9.28. The van der Waals surface area contributed by atoms with Gasteiger partial charge in [-0.3, -0.25) is 0 Å². The molecule has 0 atom stereocenters. The fourth-order valence-electron chi connectivity index (χ4n) is 8.06. The van der Waals surface area contributed by atoms with Gasteiger partial charge in [-0.05, 0) is 48.0 Å². The summed E-state index contributed by atoms with van der Waals surface area (Å²) in [5.74, 6) is 1.20. The van der Waals surface area contributed by atoms with Crippen LogP contribution in [0, 0.1) is 0 Å². The third-order valence-electron chi connectivity index (χ3n) is 10.6. The van der Waals surface area contributed by atoms with Crippen molar-refractivity contribution < 1.29 is 12.6 Å². The first kappa shape index (κ1) is 26.4. The molecule has 0 radical (unpaired) electrons. The number of rotatable bonds is 5. The number of fused-ring (bicyclic) bond motifs is 9. The first-order valence-electron chi connectivity index (χ1n) is 21.5. The molecule has 4 aromatic heterocycles. The molecule has 0 aliphatic rings. The van der Waals surface area contributed by atoms with Crippen LogP contribution < -0.4 is 0 Å². The van der Waals surface area contributed by atoms with E-state index >= 15 is 0 Å². The highest BCUT2D eigenvalue weighted by Gasteiger charge is 2.22. The number of furan rings is 1. The molecule has 0 spiro atoms. The number of para-hydroxylation sites is 4. The van der Waals surface area contributed by atoms with Crippen LogP contribution in [0.1, 0.15) is 8.22 Å². The SMILES string of the molecule is [2H]c1cc([2H])c2c(c1[2H])c1c([2H])c([2H])cc([2H])c1n2-c1ccc(-c2cccc3c2oc2ccccc23)cc1-c1nc(-c2ccccc2)nc(-c2cccc3c2sc2ccccc23)n1. The van der Waals surface area contributed by atoms with Gasteiger partial charge < -0.3 is 8.98 Å². The highest BCUT2D eigenvalue weighted by atomic mass is 32.1. The molecule has 0 aliphatic carbocycles. The van der Waals surface area contributed by atoms with Gasteiger partial charge in [0.2, 0.25) is 0 Å². The largest absolute Gasteiger partial charge is 0.455 e. The van der Waals surface area contributed by atoms with Crippen molar-refractivity contribution in [2.75, 3.05) is 0 Å². The number of hydrogen-bond acceptors (Lipinski definition) is 5. The number of hydrogen-bond donors (Lipinski definition) is 0. The molecule has 0 amide bonds. The second-order valence-electron chi connectivity index (χ2n) is 13.9. The van der Waals surface area contributed by atoms with Crippen LogP contribution in [-0.2, 0) is 0 Å². The summed E-state index contributed by atoms with van der Waals surface area (Å²) < 4.78 is 64.4. The van der Waals surface area contributed by atoms with E-state index in [4.69, 9.17) is 24.9 Å². The van der Waals surface area contributed by atoms with Crippen LogP contribution in [0.4, 0.5) is 0 Å². The minimum absolute atomic E-state index is 0.0626. The average Bonchev–Trinajstić information content (AvgIpc) is 4.01. The Morgan fingerprint density at radius 2 is 1.12 bits per heavy atom. The Balaban J connectivity index is 1.22. The fraction of sp³-hybridized carbons (Fsp3) is 0. The van der Waals surface area contributed by atoms with Gasteiger partial charge in [-0.15, -0.1) is 11.3 Å². The first-order valence-corrected chi connectivity index (χ1v) is 19.3. The Morgan fingerprint density at radius 3 is 1.93 bits per heavy atom. The number of benzene rings is 8. The smallest absolute Gasteiger partial charge is 0.166 e. The lowest BCUT2D eigenvalue weighted by Crippen LogP contribution is -2.04. The molecule has 0 fully saturated rings. The van der Waals surface area contributed by atoms with Crippen molar-refractivity contribution >= 4 is 75.3 Å². The van der Waals surface area contributed by atoms with E-state index in [2.05, 4.69) is 18.2 Å². The van der Waals surface area contributed by atoms with E-state index in [-0.39, 0.29) is 58.1 Å². The van der Waals surface area contributed by atoms with Crippen molar-refractivity contribution in [1.82, 2.24) is 19.5 Å². The quantitative estimate of drug-likeness (QED) is 0.176. The van der Waals surface area contributed by atoms with E-state index in [0.29, 0.717) is 34.3 Å². The lowest BCUT2D eigenvalue weighted by Gasteiger charge is -2.16. The van der Waals surface area contributed by atoms with Crippen molar-refractivity contribution in [3.05, 3.63) is 182 Å². The first-order chi connectivity index (χ1) is 30.7. The van der Waals surface area contributed by atoms with E-state index in [1.54, 1.807) is 15.9 Å². The van der Waals surface area contributed by atoms with Crippen molar-refractivity contribution in [2.24, 2.45) is 0 Å². The monoisotopic (exact) mass is 752 g/mol. The minimum atomic E-state index is -0.191. The molecule has 4 heterocycles. The third kappa shape index (κ3) is 4.98. The normalized spacial score (nSPS) is 13.3. The number of aromatic nitrogens is 4. The summed E-state index contributed by atoms with van der Waals surface area (Å²) in [6.07, 6.45) is 0. The lowest BCUT2D eigenvalue weighted by molar-refractivity contribution is 0.670. The molecular formula is C51H30N4OS. The van der Waals surface area contributed by atoms with Crippen LogP contribution in [0.25, 0.3) is 115 Å². The van der Waals surface area contributed by atoms with Gasteiger partial charge in [0.1, 0.15) is 11.2 Å². The molecule has 266 valence electrons. The zero-order valence-corrected chi connectivity index (χ0v) is 30.8. The Bertz CT molecular complexity index is 3830. The van der Waals surface area contributed by atoms with E-state index in [9.17, 15) is 2.74 Å². The van der Waals surface area contributed by atoms with Crippen LogP contribution in [0.15, 0.2) is 186 Å². The van der Waals surface area contributed by atoms with Gasteiger partial charge in [0.15, 0.2) is 17.5 Å². The number of nitrogens with zero attached hydrogens (tertiary/aromatic N) is 4. The highest BCUT2D eigenvalue weighted by Crippen LogP contribution is 2.43. The second kappa shape index (κ2) is 12.6. The molecule has 6 heteroatoms. The van der Waals surface area contributed by atoms with Crippen LogP contribution in [0.3, 0.4) is 0 Å². The maximum absolute atomic E-state index is 9.28. The summed E-state index contributed by atoms with van der Waals surface area (Å²) >= 11 is 1.68. The van der Waals surface area contributed by atoms with Gasteiger partial charge in [0, 0.05) is 64.0 Å². The zero-order chi connectivity index (χ0) is 42.7. The summed E-state index contributed by atoms with van der Waals surface area (Å²) in [7, 11) is 0. The lowest BCUT2D eigenvalue weighted by atomic mass is 9.98. The van der Waals surface area contributed by atoms with Crippen LogP contribution in [-0.4, -0.2) is 19.5 Å². The van der Waals surface area contributed by atoms with Crippen LogP contribution in [0.2, 0.25) is 0 Å². The molecule has 5 nitrogen and oxygen atoms in total. The Hall–Kier alpha value is -7.41. The minimum Gasteiger partial charge on any atom is -0.455 e. The molecule has 0 aliphatic heterocycles. The molecule has 0 saturated heterocycles. The molecule has 0 N–H and O–H groups in total. The van der Waals surface area contributed by atoms with Crippen molar-refractivity contribution in [3.63, 3.8) is 0 Å². The van der Waals surface area contributed by atoms with Gasteiger partial charge in [0.25, 0.3) is 0 Å². The summed E-state index contributed by atoms with van der Waals surface area (Å²) in [5, 5.41) is 4.51. The van der Waals surface area contributed by atoms with E-state index in [0.717, 1.165) is 58.8 Å². The second-order valence-corrected chi connectivity index (χ2v) is 14.9. The summed E-state index contributed by atoms with van der Waals surface area (Å²) in [5.41, 5.74) is 6.16. The van der Waals surface area contributed by atoms with Gasteiger partial charge in [0.05, 0.1) is 24.9 Å². The zero-order valence-electron chi connectivity index (χ0n) is 36.0. The van der Waals surface area contributed by atoms with Gasteiger partial charge >= 0.3 is 0 Å². The fourth-order valence-corrected chi connectivity index (χ4v) is 9.28. The standard InChI is InChI=1S/C51H30N4OS/c1-2-14-31(15-3-1)49-52-50(40-23-13-22-39-37-19-7-11-27-46(37)57-48(39)40)54-51(53-49)41-30-32(33-20-12-21-38-36-18-6-10-26-45(36)56-47(33)38)28-29-44(41)55-42-24-8-4-16-34(42)35-17-5-9-25-43(35)55/h1-30H/i4D,5D,16D,17D,24D,25D. The average molecular weight is 753 g/mol. The van der Waals surface area contributed by atoms with E-state index in [1.165, 1.54) is 12.1 Å². The molecule has 0 saturated carbocycles. The third-order valence-corrected chi connectivity index (χ3v) is 11.9. The highest BCUT2D eigenvalue weighted by molar-refractivity contribution is 7.26. The topological polar surface area (TPSA) is 56.7 Å². The van der Waals surface area contributed by atoms with Gasteiger partial charge in [-0.25, -0.2) is 15.0 Å². The van der Waals surface area contributed by atoms with Crippen LogP contribution in [0.5, 0.6) is 0 Å². The van der Waals surface area contributed by atoms with Crippen molar-refractivity contribution in [2.45, 2.75) is 0 Å². The van der Waals surface area contributed by atoms with Gasteiger partial charge in [-0.2, -0.15) is 0 Å². The molecule has 0 unspecified atom stereocenters. The van der Waals surface area contributed by atoms with Crippen molar-refractivity contribution in [1.29, 1.82) is 0 Å². The summed E-state index contributed by atoms with van der Waals surface area (Å²) in [4.78, 5) is 15.7. The summed E-state index contributed by atoms with van der Waals surface area (Å²) in [6, 6.07) is 45.7. The van der Waals surface area contributed by atoms with Crippen LogP contribution >= 0.6 is 11.3 Å². The molecule has 8 aromatic carbocycles. The van der Waals surface area contributed by atoms with Gasteiger partial charge in [-0.1, -0.05) is 139 Å². The number of thiophene rings is 1. The predicted octanol–water partition coefficient (Wildman–Crippen LogP) is 13.9. The maximum Gasteiger partial charge on any atom is 0.166 e. The Morgan fingerprint density at radius 1 is 0.474 bits per heavy atom. The Kier molecular flexibility index (Phi) is 5.82. The molecule has 0 bridgehead atoms.